The highest BCUT2D eigenvalue weighted by molar-refractivity contribution is 5.33. The number of unbranched alkanes of at least 4 members (excludes halogenated alkanes) is 2. The number of nitrogens with one attached hydrogen (secondary N) is 1. The second-order valence-corrected chi connectivity index (χ2v) is 5.61. The van der Waals surface area contributed by atoms with Crippen molar-refractivity contribution < 1.29 is 4.74 Å². The highest BCUT2D eigenvalue weighted by atomic mass is 16.5. The molecule has 0 atom stereocenters. The highest BCUT2D eigenvalue weighted by Gasteiger charge is 2.00. The van der Waals surface area contributed by atoms with Gasteiger partial charge in [-0.15, -0.1) is 0 Å². The van der Waals surface area contributed by atoms with Gasteiger partial charge in [-0.3, -0.25) is 0 Å². The number of ether oxygens (including phenoxy) is 1. The van der Waals surface area contributed by atoms with Crippen molar-refractivity contribution in [3.63, 3.8) is 0 Å². The molecule has 0 fully saturated rings. The molecule has 118 valence electrons. The topological polar surface area (TPSA) is 21.3 Å². The molecule has 0 saturated heterocycles. The Balaban J connectivity index is 1.51. The Kier molecular flexibility index (Phi) is 7.54. The zero-order valence-corrected chi connectivity index (χ0v) is 13.6. The van der Waals surface area contributed by atoms with Crippen LogP contribution in [0.3, 0.4) is 0 Å². The SMILES string of the molecule is COc1ccccc1CCNCCCCCc1ccccc1. The molecule has 0 aliphatic rings. The van der Waals surface area contributed by atoms with Gasteiger partial charge in [0, 0.05) is 0 Å². The Bertz CT molecular complexity index is 524. The third-order valence-electron chi connectivity index (χ3n) is 3.93. The molecule has 0 spiro atoms. The van der Waals surface area contributed by atoms with Crippen LogP contribution in [0.2, 0.25) is 0 Å². The molecule has 22 heavy (non-hydrogen) atoms. The van der Waals surface area contributed by atoms with Crippen molar-refractivity contribution in [2.75, 3.05) is 20.2 Å². The minimum absolute atomic E-state index is 0.993. The molecule has 0 bridgehead atoms. The summed E-state index contributed by atoms with van der Waals surface area (Å²) < 4.78 is 5.37. The van der Waals surface area contributed by atoms with E-state index in [-0.39, 0.29) is 0 Å². The summed E-state index contributed by atoms with van der Waals surface area (Å²) in [5.41, 5.74) is 2.73. The molecule has 0 amide bonds. The van der Waals surface area contributed by atoms with E-state index in [0.29, 0.717) is 0 Å². The Labute approximate surface area is 134 Å². The van der Waals surface area contributed by atoms with E-state index in [1.54, 1.807) is 7.11 Å². The van der Waals surface area contributed by atoms with Crippen LogP contribution in [-0.4, -0.2) is 20.2 Å². The van der Waals surface area contributed by atoms with E-state index in [9.17, 15) is 0 Å². The van der Waals surface area contributed by atoms with Crippen LogP contribution in [0.15, 0.2) is 54.6 Å². The summed E-state index contributed by atoms with van der Waals surface area (Å²) in [5, 5.41) is 3.53. The van der Waals surface area contributed by atoms with Gasteiger partial charge in [-0.25, -0.2) is 0 Å². The zero-order chi connectivity index (χ0) is 15.5. The predicted octanol–water partition coefficient (Wildman–Crippen LogP) is 4.24. The average Bonchev–Trinajstić information content (AvgIpc) is 2.58. The number of para-hydroxylation sites is 1. The van der Waals surface area contributed by atoms with Gasteiger partial charge in [0.2, 0.25) is 0 Å². The molecule has 0 aromatic heterocycles. The minimum Gasteiger partial charge on any atom is -0.496 e. The lowest BCUT2D eigenvalue weighted by Gasteiger charge is -2.09. The molecule has 0 saturated carbocycles. The van der Waals surface area contributed by atoms with Gasteiger partial charge in [0.05, 0.1) is 7.11 Å². The van der Waals surface area contributed by atoms with E-state index < -0.39 is 0 Å². The molecular formula is C20H27NO. The van der Waals surface area contributed by atoms with Gasteiger partial charge in [-0.05, 0) is 56.0 Å². The van der Waals surface area contributed by atoms with Crippen LogP contribution in [0.4, 0.5) is 0 Å². The van der Waals surface area contributed by atoms with Gasteiger partial charge in [0.25, 0.3) is 0 Å². The summed E-state index contributed by atoms with van der Waals surface area (Å²) in [6.07, 6.45) is 6.03. The van der Waals surface area contributed by atoms with Crippen molar-refractivity contribution in [2.24, 2.45) is 0 Å². The number of rotatable bonds is 10. The summed E-state index contributed by atoms with van der Waals surface area (Å²) in [6, 6.07) is 19.0. The maximum atomic E-state index is 5.37. The first-order valence-electron chi connectivity index (χ1n) is 8.26. The monoisotopic (exact) mass is 297 g/mol. The fourth-order valence-electron chi connectivity index (χ4n) is 2.66. The lowest BCUT2D eigenvalue weighted by Crippen LogP contribution is -2.18. The quantitative estimate of drug-likeness (QED) is 0.662. The van der Waals surface area contributed by atoms with E-state index in [1.165, 1.54) is 36.8 Å². The van der Waals surface area contributed by atoms with Crippen molar-refractivity contribution in [1.82, 2.24) is 5.32 Å². The number of benzene rings is 2. The standard InChI is InChI=1S/C20H27NO/c1-22-20-14-8-7-13-19(20)15-17-21-16-9-3-6-12-18-10-4-2-5-11-18/h2,4-5,7-8,10-11,13-14,21H,3,6,9,12,15-17H2,1H3. The highest BCUT2D eigenvalue weighted by Crippen LogP contribution is 2.17. The molecule has 2 aromatic carbocycles. The number of methoxy groups -OCH3 is 1. The maximum Gasteiger partial charge on any atom is 0.122 e. The molecule has 2 aromatic rings. The molecule has 1 N–H and O–H groups in total. The van der Waals surface area contributed by atoms with Gasteiger partial charge in [-0.1, -0.05) is 55.0 Å². The largest absolute Gasteiger partial charge is 0.496 e. The average molecular weight is 297 g/mol. The molecule has 2 heteroatoms. The van der Waals surface area contributed by atoms with Gasteiger partial charge in [-0.2, -0.15) is 0 Å². The van der Waals surface area contributed by atoms with Gasteiger partial charge in [0.15, 0.2) is 0 Å². The first-order chi connectivity index (χ1) is 10.9. The van der Waals surface area contributed by atoms with Crippen molar-refractivity contribution in [2.45, 2.75) is 32.1 Å². The van der Waals surface area contributed by atoms with Gasteiger partial charge < -0.3 is 10.1 Å². The van der Waals surface area contributed by atoms with E-state index in [2.05, 4.69) is 47.8 Å². The Morgan fingerprint density at radius 1 is 0.773 bits per heavy atom. The molecular weight excluding hydrogens is 270 g/mol. The van der Waals surface area contributed by atoms with Crippen LogP contribution in [-0.2, 0) is 12.8 Å². The molecule has 0 heterocycles. The molecule has 2 nitrogen and oxygen atoms in total. The molecule has 0 aliphatic heterocycles. The molecule has 0 radical (unpaired) electrons. The first kappa shape index (κ1) is 16.6. The van der Waals surface area contributed by atoms with Crippen LogP contribution in [0.25, 0.3) is 0 Å². The Hall–Kier alpha value is -1.80. The second-order valence-electron chi connectivity index (χ2n) is 5.61. The van der Waals surface area contributed by atoms with Crippen LogP contribution < -0.4 is 10.1 Å². The number of hydrogen-bond acceptors (Lipinski definition) is 2. The van der Waals surface area contributed by atoms with E-state index in [1.807, 2.05) is 12.1 Å². The third-order valence-corrected chi connectivity index (χ3v) is 3.93. The molecule has 0 unspecified atom stereocenters. The van der Waals surface area contributed by atoms with Gasteiger partial charge in [0.1, 0.15) is 5.75 Å². The number of hydrogen-bond donors (Lipinski definition) is 1. The summed E-state index contributed by atoms with van der Waals surface area (Å²) in [6.45, 7) is 2.11. The summed E-state index contributed by atoms with van der Waals surface area (Å²) in [5.74, 6) is 0.993. The van der Waals surface area contributed by atoms with Crippen molar-refractivity contribution in [1.29, 1.82) is 0 Å². The smallest absolute Gasteiger partial charge is 0.122 e. The van der Waals surface area contributed by atoms with Crippen LogP contribution >= 0.6 is 0 Å². The van der Waals surface area contributed by atoms with Crippen molar-refractivity contribution in [3.8, 4) is 5.75 Å². The van der Waals surface area contributed by atoms with E-state index in [0.717, 1.165) is 25.3 Å². The van der Waals surface area contributed by atoms with Crippen LogP contribution in [0.1, 0.15) is 30.4 Å². The van der Waals surface area contributed by atoms with E-state index in [4.69, 9.17) is 4.74 Å². The molecule has 0 aliphatic carbocycles. The van der Waals surface area contributed by atoms with E-state index >= 15 is 0 Å². The Morgan fingerprint density at radius 2 is 1.55 bits per heavy atom. The van der Waals surface area contributed by atoms with Crippen LogP contribution in [0.5, 0.6) is 5.75 Å². The first-order valence-corrected chi connectivity index (χ1v) is 8.26. The normalized spacial score (nSPS) is 10.6. The summed E-state index contributed by atoms with van der Waals surface area (Å²) >= 11 is 0. The van der Waals surface area contributed by atoms with Gasteiger partial charge >= 0.3 is 0 Å². The summed E-state index contributed by atoms with van der Waals surface area (Å²) in [4.78, 5) is 0. The Morgan fingerprint density at radius 3 is 2.36 bits per heavy atom. The fourth-order valence-corrected chi connectivity index (χ4v) is 2.66. The zero-order valence-electron chi connectivity index (χ0n) is 13.6. The lowest BCUT2D eigenvalue weighted by molar-refractivity contribution is 0.409. The fraction of sp³-hybridized carbons (Fsp3) is 0.400. The predicted molar refractivity (Wildman–Crippen MR) is 93.6 cm³/mol. The molecule has 2 rings (SSSR count). The second kappa shape index (κ2) is 10.0. The maximum absolute atomic E-state index is 5.37. The van der Waals surface area contributed by atoms with Crippen LogP contribution in [0, 0.1) is 0 Å². The minimum atomic E-state index is 0.993. The lowest BCUT2D eigenvalue weighted by atomic mass is 10.1. The van der Waals surface area contributed by atoms with Crippen molar-refractivity contribution in [3.05, 3.63) is 65.7 Å². The third kappa shape index (κ3) is 5.90. The number of aryl methyl sites for hydroxylation is 1. The summed E-state index contributed by atoms with van der Waals surface area (Å²) in [7, 11) is 1.74. The van der Waals surface area contributed by atoms with Crippen molar-refractivity contribution >= 4 is 0 Å².